The Labute approximate surface area is 174 Å². The van der Waals surface area contributed by atoms with Gasteiger partial charge in [-0.2, -0.15) is 0 Å². The molecule has 6 nitrogen and oxygen atoms in total. The predicted molar refractivity (Wildman–Crippen MR) is 114 cm³/mol. The topological polar surface area (TPSA) is 53.1 Å². The molecule has 2 aromatic carbocycles. The minimum atomic E-state index is -1.05. The second-order valence-electron chi connectivity index (χ2n) is 7.54. The lowest BCUT2D eigenvalue weighted by Crippen LogP contribution is -2.52. The Kier molecular flexibility index (Phi) is 4.61. The molecule has 0 bridgehead atoms. The van der Waals surface area contributed by atoms with Crippen molar-refractivity contribution in [3.63, 3.8) is 0 Å². The molecule has 0 radical (unpaired) electrons. The number of benzene rings is 2. The maximum atomic E-state index is 14.0. The van der Waals surface area contributed by atoms with E-state index in [0.29, 0.717) is 19.9 Å². The van der Waals surface area contributed by atoms with Gasteiger partial charge < -0.3 is 4.74 Å². The number of para-hydroxylation sites is 2. The summed E-state index contributed by atoms with van der Waals surface area (Å²) in [7, 11) is 0. The van der Waals surface area contributed by atoms with Crippen molar-refractivity contribution in [1.29, 1.82) is 0 Å². The fraction of sp³-hybridized carbons (Fsp3) is 0.364. The zero-order valence-corrected chi connectivity index (χ0v) is 17.1. The van der Waals surface area contributed by atoms with Crippen LogP contribution in [0.1, 0.15) is 12.5 Å². The molecule has 3 aliphatic heterocycles. The van der Waals surface area contributed by atoms with Gasteiger partial charge in [-0.15, -0.1) is 11.8 Å². The van der Waals surface area contributed by atoms with Crippen LogP contribution in [0, 0.1) is 0 Å². The summed E-state index contributed by atoms with van der Waals surface area (Å²) in [5.74, 6) is -0.0747. The molecule has 3 aliphatic rings. The smallest absolute Gasteiger partial charge is 0.269 e. The van der Waals surface area contributed by atoms with Crippen LogP contribution in [0.25, 0.3) is 0 Å². The van der Waals surface area contributed by atoms with Gasteiger partial charge in [0.25, 0.3) is 5.91 Å². The standard InChI is InChI=1S/C22H23N3O3S/c1-16-20(26)25(17-7-3-2-4-8-17)22(29-16)18-9-5-6-10-19(18)24(21(22)27)15-23-11-13-28-14-12-23/h2-10,16H,11-15H2,1H3/t16-,22-/m1/s1. The first-order valence-electron chi connectivity index (χ1n) is 9.91. The molecule has 0 saturated carbocycles. The van der Waals surface area contributed by atoms with E-state index in [9.17, 15) is 9.59 Å². The molecular formula is C22H23N3O3S. The molecule has 1 spiro atoms. The van der Waals surface area contributed by atoms with E-state index < -0.39 is 4.87 Å². The Morgan fingerprint density at radius 3 is 2.48 bits per heavy atom. The normalized spacial score (nSPS) is 27.1. The van der Waals surface area contributed by atoms with Gasteiger partial charge in [-0.1, -0.05) is 36.4 Å². The Balaban J connectivity index is 1.62. The number of amides is 2. The zero-order valence-electron chi connectivity index (χ0n) is 16.3. The molecule has 0 N–H and O–H groups in total. The number of carbonyl (C=O) groups excluding carboxylic acids is 2. The van der Waals surface area contributed by atoms with Gasteiger partial charge in [0.15, 0.2) is 0 Å². The number of morpholine rings is 1. The number of thioether (sulfide) groups is 1. The summed E-state index contributed by atoms with van der Waals surface area (Å²) in [4.78, 5) is 31.9. The van der Waals surface area contributed by atoms with Gasteiger partial charge in [-0.3, -0.25) is 24.3 Å². The summed E-state index contributed by atoms with van der Waals surface area (Å²) in [6.45, 7) is 5.34. The molecule has 0 aliphatic carbocycles. The Morgan fingerprint density at radius 1 is 1.03 bits per heavy atom. The quantitative estimate of drug-likeness (QED) is 0.780. The zero-order chi connectivity index (χ0) is 20.0. The number of carbonyl (C=O) groups is 2. The van der Waals surface area contributed by atoms with Crippen molar-refractivity contribution in [3.05, 3.63) is 60.2 Å². The van der Waals surface area contributed by atoms with E-state index in [1.165, 1.54) is 11.8 Å². The molecular weight excluding hydrogens is 386 g/mol. The third-order valence-corrected chi connectivity index (χ3v) is 7.26. The van der Waals surface area contributed by atoms with Gasteiger partial charge in [-0.25, -0.2) is 0 Å². The number of ether oxygens (including phenoxy) is 1. The highest BCUT2D eigenvalue weighted by Crippen LogP contribution is 2.57. The molecule has 5 rings (SSSR count). The molecule has 3 heterocycles. The van der Waals surface area contributed by atoms with Gasteiger partial charge in [-0.05, 0) is 25.1 Å². The van der Waals surface area contributed by atoms with Crippen molar-refractivity contribution in [3.8, 4) is 0 Å². The summed E-state index contributed by atoms with van der Waals surface area (Å²) in [6.07, 6.45) is 0. The summed E-state index contributed by atoms with van der Waals surface area (Å²) in [5.41, 5.74) is 2.54. The van der Waals surface area contributed by atoms with E-state index in [1.807, 2.05) is 66.4 Å². The summed E-state index contributed by atoms with van der Waals surface area (Å²) in [6, 6.07) is 17.4. The molecule has 0 unspecified atom stereocenters. The minimum Gasteiger partial charge on any atom is -0.379 e. The van der Waals surface area contributed by atoms with Gasteiger partial charge >= 0.3 is 0 Å². The van der Waals surface area contributed by atoms with Crippen LogP contribution in [-0.2, 0) is 19.2 Å². The van der Waals surface area contributed by atoms with Crippen molar-refractivity contribution in [2.45, 2.75) is 17.0 Å². The lowest BCUT2D eigenvalue weighted by Gasteiger charge is -2.34. The fourth-order valence-electron chi connectivity index (χ4n) is 4.40. The van der Waals surface area contributed by atoms with E-state index >= 15 is 0 Å². The number of fused-ring (bicyclic) bond motifs is 2. The number of rotatable bonds is 3. The van der Waals surface area contributed by atoms with Crippen LogP contribution in [0.4, 0.5) is 11.4 Å². The number of nitrogens with zero attached hydrogens (tertiary/aromatic N) is 3. The first-order chi connectivity index (χ1) is 14.1. The lowest BCUT2D eigenvalue weighted by molar-refractivity contribution is -0.124. The molecule has 29 heavy (non-hydrogen) atoms. The van der Waals surface area contributed by atoms with Crippen LogP contribution >= 0.6 is 11.8 Å². The van der Waals surface area contributed by atoms with Crippen LogP contribution in [0.3, 0.4) is 0 Å². The SMILES string of the molecule is C[C@H]1S[C@]2(C(=O)N(CN3CCOCC3)c3ccccc32)N(c2ccccc2)C1=O. The molecule has 2 amide bonds. The highest BCUT2D eigenvalue weighted by molar-refractivity contribution is 8.03. The largest absolute Gasteiger partial charge is 0.379 e. The summed E-state index contributed by atoms with van der Waals surface area (Å²) in [5, 5.41) is -0.296. The van der Waals surface area contributed by atoms with E-state index in [0.717, 1.165) is 30.0 Å². The van der Waals surface area contributed by atoms with Gasteiger partial charge in [0.05, 0.1) is 30.8 Å². The fourth-order valence-corrected chi connectivity index (χ4v) is 5.93. The molecule has 2 atom stereocenters. The highest BCUT2D eigenvalue weighted by atomic mass is 32.2. The van der Waals surface area contributed by atoms with Crippen LogP contribution in [0.5, 0.6) is 0 Å². The Bertz CT molecular complexity index is 947. The average Bonchev–Trinajstić information content (AvgIpc) is 3.16. The number of anilines is 2. The second-order valence-corrected chi connectivity index (χ2v) is 9.07. The predicted octanol–water partition coefficient (Wildman–Crippen LogP) is 2.64. The molecule has 2 fully saturated rings. The Morgan fingerprint density at radius 2 is 1.72 bits per heavy atom. The maximum Gasteiger partial charge on any atom is 0.269 e. The molecule has 150 valence electrons. The van der Waals surface area contributed by atoms with E-state index in [1.54, 1.807) is 4.90 Å². The van der Waals surface area contributed by atoms with Crippen molar-refractivity contribution in [2.75, 3.05) is 42.8 Å². The third-order valence-electron chi connectivity index (χ3n) is 5.78. The number of hydrogen-bond donors (Lipinski definition) is 0. The second kappa shape index (κ2) is 7.16. The van der Waals surface area contributed by atoms with E-state index in [-0.39, 0.29) is 17.1 Å². The van der Waals surface area contributed by atoms with Crippen molar-refractivity contribution >= 4 is 35.0 Å². The van der Waals surface area contributed by atoms with Crippen molar-refractivity contribution in [2.24, 2.45) is 0 Å². The molecule has 7 heteroatoms. The molecule has 2 saturated heterocycles. The lowest BCUT2D eigenvalue weighted by atomic mass is 10.0. The summed E-state index contributed by atoms with van der Waals surface area (Å²) >= 11 is 1.45. The average molecular weight is 410 g/mol. The molecule has 0 aromatic heterocycles. The van der Waals surface area contributed by atoms with Gasteiger partial charge in [0, 0.05) is 24.3 Å². The van der Waals surface area contributed by atoms with Crippen molar-refractivity contribution in [1.82, 2.24) is 4.90 Å². The van der Waals surface area contributed by atoms with Crippen LogP contribution < -0.4 is 9.80 Å². The van der Waals surface area contributed by atoms with E-state index in [2.05, 4.69) is 4.90 Å². The monoisotopic (exact) mass is 409 g/mol. The molecule has 2 aromatic rings. The van der Waals surface area contributed by atoms with Crippen molar-refractivity contribution < 1.29 is 14.3 Å². The number of hydrogen-bond acceptors (Lipinski definition) is 5. The van der Waals surface area contributed by atoms with Crippen LogP contribution in [-0.4, -0.2) is 54.9 Å². The van der Waals surface area contributed by atoms with Crippen LogP contribution in [0.15, 0.2) is 54.6 Å². The van der Waals surface area contributed by atoms with Gasteiger partial charge in [0.1, 0.15) is 0 Å². The van der Waals surface area contributed by atoms with E-state index in [4.69, 9.17) is 4.74 Å². The first-order valence-corrected chi connectivity index (χ1v) is 10.8. The van der Waals surface area contributed by atoms with Crippen LogP contribution in [0.2, 0.25) is 0 Å². The highest BCUT2D eigenvalue weighted by Gasteiger charge is 2.63. The minimum absolute atomic E-state index is 0.0300. The first kappa shape index (κ1) is 18.7. The van der Waals surface area contributed by atoms with Gasteiger partial charge in [0.2, 0.25) is 10.8 Å². The Hall–Kier alpha value is -2.35. The third kappa shape index (κ3) is 2.79. The maximum absolute atomic E-state index is 14.0. The summed E-state index contributed by atoms with van der Waals surface area (Å²) < 4.78 is 5.45.